The fourth-order valence-electron chi connectivity index (χ4n) is 1.99. The number of amides is 1. The van der Waals surface area contributed by atoms with E-state index in [0.29, 0.717) is 10.7 Å². The lowest BCUT2D eigenvalue weighted by molar-refractivity contribution is -0.136. The highest BCUT2D eigenvalue weighted by atomic mass is 35.5. The predicted octanol–water partition coefficient (Wildman–Crippen LogP) is 3.36. The van der Waals surface area contributed by atoms with E-state index in [4.69, 9.17) is 21.1 Å². The third-order valence-electron chi connectivity index (χ3n) is 2.98. The van der Waals surface area contributed by atoms with Crippen molar-refractivity contribution in [3.8, 4) is 0 Å². The van der Waals surface area contributed by atoms with Gasteiger partial charge in [0.25, 0.3) is 5.91 Å². The summed E-state index contributed by atoms with van der Waals surface area (Å²) in [5, 5.41) is 9.41. The number of aryl methyl sites for hydroxylation is 1. The molecule has 110 valence electrons. The number of hydrogen-bond donors (Lipinski definition) is 1. The maximum atomic E-state index is 12.5. The smallest absolute Gasteiger partial charge is 0.305 e. The van der Waals surface area contributed by atoms with Crippen molar-refractivity contribution in [3.63, 3.8) is 0 Å². The number of furan rings is 1. The Balaban J connectivity index is 2.35. The zero-order chi connectivity index (χ0) is 15.4. The van der Waals surface area contributed by atoms with Crippen molar-refractivity contribution in [2.75, 3.05) is 11.4 Å². The van der Waals surface area contributed by atoms with Crippen LogP contribution < -0.4 is 4.90 Å². The van der Waals surface area contributed by atoms with Gasteiger partial charge in [-0.05, 0) is 42.8 Å². The average Bonchev–Trinajstić information content (AvgIpc) is 2.94. The molecule has 0 bridgehead atoms. The summed E-state index contributed by atoms with van der Waals surface area (Å²) >= 11 is 5.91. The van der Waals surface area contributed by atoms with Crippen molar-refractivity contribution in [2.24, 2.45) is 0 Å². The summed E-state index contributed by atoms with van der Waals surface area (Å²) in [6, 6.07) is 8.23. The standard InChI is InChI=1S/C15H14ClNO4/c1-10-9-11(16)4-5-12(10)17(7-6-14(18)19)15(20)13-3-2-8-21-13/h2-5,8-9H,6-7H2,1H3,(H,18,19). The molecule has 21 heavy (non-hydrogen) atoms. The van der Waals surface area contributed by atoms with Gasteiger partial charge < -0.3 is 14.4 Å². The number of carboxylic acid groups (broad SMARTS) is 1. The van der Waals surface area contributed by atoms with Crippen LogP contribution in [0.2, 0.25) is 5.02 Å². The predicted molar refractivity (Wildman–Crippen MR) is 78.8 cm³/mol. The molecule has 2 rings (SSSR count). The van der Waals surface area contributed by atoms with E-state index >= 15 is 0 Å². The number of carbonyl (C=O) groups excluding carboxylic acids is 1. The Labute approximate surface area is 126 Å². The molecule has 6 heteroatoms. The minimum atomic E-state index is -0.973. The van der Waals surface area contributed by atoms with E-state index in [9.17, 15) is 9.59 Å². The molecule has 0 spiro atoms. The van der Waals surface area contributed by atoms with Crippen LogP contribution in [-0.4, -0.2) is 23.5 Å². The second-order valence-corrected chi connectivity index (χ2v) is 4.95. The van der Waals surface area contributed by atoms with Crippen LogP contribution in [0.25, 0.3) is 0 Å². The Bertz CT molecular complexity index is 652. The summed E-state index contributed by atoms with van der Waals surface area (Å²) in [5.41, 5.74) is 1.40. The van der Waals surface area contributed by atoms with Gasteiger partial charge in [-0.2, -0.15) is 0 Å². The van der Waals surface area contributed by atoms with Crippen molar-refractivity contribution in [1.29, 1.82) is 0 Å². The lowest BCUT2D eigenvalue weighted by Gasteiger charge is -2.23. The van der Waals surface area contributed by atoms with Crippen LogP contribution in [-0.2, 0) is 4.79 Å². The van der Waals surface area contributed by atoms with E-state index in [1.807, 2.05) is 6.92 Å². The average molecular weight is 308 g/mol. The first-order chi connectivity index (χ1) is 9.99. The zero-order valence-corrected chi connectivity index (χ0v) is 12.1. The quantitative estimate of drug-likeness (QED) is 0.919. The Morgan fingerprint density at radius 3 is 2.67 bits per heavy atom. The first-order valence-corrected chi connectivity index (χ1v) is 6.70. The Morgan fingerprint density at radius 1 is 1.33 bits per heavy atom. The summed E-state index contributed by atoms with van der Waals surface area (Å²) in [6.07, 6.45) is 1.24. The number of rotatable bonds is 5. The van der Waals surface area contributed by atoms with E-state index in [1.54, 1.807) is 30.3 Å². The molecule has 2 aromatic rings. The molecule has 1 aromatic heterocycles. The molecule has 0 aliphatic carbocycles. The highest BCUT2D eigenvalue weighted by Crippen LogP contribution is 2.25. The fourth-order valence-corrected chi connectivity index (χ4v) is 2.22. The maximum Gasteiger partial charge on any atom is 0.305 e. The first kappa shape index (κ1) is 15.1. The third kappa shape index (κ3) is 3.64. The lowest BCUT2D eigenvalue weighted by atomic mass is 10.1. The molecule has 5 nitrogen and oxygen atoms in total. The second-order valence-electron chi connectivity index (χ2n) is 4.51. The fraction of sp³-hybridized carbons (Fsp3) is 0.200. The van der Waals surface area contributed by atoms with Gasteiger partial charge in [0.1, 0.15) is 0 Å². The molecular weight excluding hydrogens is 294 g/mol. The van der Waals surface area contributed by atoms with Crippen molar-refractivity contribution < 1.29 is 19.1 Å². The summed E-state index contributed by atoms with van der Waals surface area (Å²) in [6.45, 7) is 1.86. The van der Waals surface area contributed by atoms with E-state index in [1.165, 1.54) is 11.2 Å². The van der Waals surface area contributed by atoms with Gasteiger partial charge in [-0.15, -0.1) is 0 Å². The molecule has 1 N–H and O–H groups in total. The molecule has 1 amide bonds. The lowest BCUT2D eigenvalue weighted by Crippen LogP contribution is -2.33. The molecule has 0 atom stereocenters. The number of halogens is 1. The largest absolute Gasteiger partial charge is 0.481 e. The second kappa shape index (κ2) is 6.45. The van der Waals surface area contributed by atoms with Crippen LogP contribution in [0.15, 0.2) is 41.0 Å². The summed E-state index contributed by atoms with van der Waals surface area (Å²) < 4.78 is 5.10. The van der Waals surface area contributed by atoms with E-state index in [-0.39, 0.29) is 24.6 Å². The molecule has 0 fully saturated rings. The monoisotopic (exact) mass is 307 g/mol. The molecule has 1 aromatic carbocycles. The number of benzene rings is 1. The Hall–Kier alpha value is -2.27. The van der Waals surface area contributed by atoms with E-state index in [2.05, 4.69) is 0 Å². The Kier molecular flexibility index (Phi) is 4.65. The topological polar surface area (TPSA) is 70.8 Å². The molecule has 0 aliphatic rings. The number of carbonyl (C=O) groups is 2. The number of nitrogens with zero attached hydrogens (tertiary/aromatic N) is 1. The highest BCUT2D eigenvalue weighted by Gasteiger charge is 2.22. The van der Waals surface area contributed by atoms with Gasteiger partial charge in [-0.3, -0.25) is 9.59 Å². The molecular formula is C15H14ClNO4. The van der Waals surface area contributed by atoms with E-state index in [0.717, 1.165) is 5.56 Å². The molecule has 0 unspecified atom stereocenters. The summed E-state index contributed by atoms with van der Waals surface area (Å²) in [5.74, 6) is -1.19. The number of aliphatic carboxylic acids is 1. The molecule has 0 aliphatic heterocycles. The van der Waals surface area contributed by atoms with Crippen LogP contribution in [0.4, 0.5) is 5.69 Å². The van der Waals surface area contributed by atoms with Crippen LogP contribution in [0, 0.1) is 6.92 Å². The van der Waals surface area contributed by atoms with Crippen molar-refractivity contribution in [1.82, 2.24) is 0 Å². The van der Waals surface area contributed by atoms with Crippen LogP contribution >= 0.6 is 11.6 Å². The van der Waals surface area contributed by atoms with Crippen molar-refractivity contribution >= 4 is 29.2 Å². The van der Waals surface area contributed by atoms with Crippen LogP contribution in [0.5, 0.6) is 0 Å². The van der Waals surface area contributed by atoms with Gasteiger partial charge in [0.2, 0.25) is 0 Å². The van der Waals surface area contributed by atoms with Crippen molar-refractivity contribution in [2.45, 2.75) is 13.3 Å². The van der Waals surface area contributed by atoms with Gasteiger partial charge in [0.15, 0.2) is 5.76 Å². The van der Waals surface area contributed by atoms with Crippen LogP contribution in [0.1, 0.15) is 22.5 Å². The summed E-state index contributed by atoms with van der Waals surface area (Å²) in [4.78, 5) is 24.7. The molecule has 1 heterocycles. The number of carboxylic acids is 1. The SMILES string of the molecule is Cc1cc(Cl)ccc1N(CCC(=O)O)C(=O)c1ccco1. The third-order valence-corrected chi connectivity index (χ3v) is 3.21. The first-order valence-electron chi connectivity index (χ1n) is 6.32. The molecule has 0 saturated heterocycles. The maximum absolute atomic E-state index is 12.5. The van der Waals surface area contributed by atoms with E-state index < -0.39 is 5.97 Å². The number of hydrogen-bond acceptors (Lipinski definition) is 3. The minimum Gasteiger partial charge on any atom is -0.481 e. The minimum absolute atomic E-state index is 0.0529. The van der Waals surface area contributed by atoms with Gasteiger partial charge in [-0.1, -0.05) is 11.6 Å². The van der Waals surface area contributed by atoms with Crippen molar-refractivity contribution in [3.05, 3.63) is 52.9 Å². The Morgan fingerprint density at radius 2 is 2.10 bits per heavy atom. The zero-order valence-electron chi connectivity index (χ0n) is 11.4. The van der Waals surface area contributed by atoms with Gasteiger partial charge in [-0.25, -0.2) is 0 Å². The number of anilines is 1. The van der Waals surface area contributed by atoms with Crippen LogP contribution in [0.3, 0.4) is 0 Å². The normalized spacial score (nSPS) is 10.4. The van der Waals surface area contributed by atoms with Gasteiger partial charge in [0, 0.05) is 17.3 Å². The van der Waals surface area contributed by atoms with Gasteiger partial charge >= 0.3 is 5.97 Å². The highest BCUT2D eigenvalue weighted by molar-refractivity contribution is 6.30. The summed E-state index contributed by atoms with van der Waals surface area (Å²) in [7, 11) is 0. The van der Waals surface area contributed by atoms with Gasteiger partial charge in [0.05, 0.1) is 12.7 Å². The molecule has 0 radical (unpaired) electrons. The molecule has 0 saturated carbocycles.